The van der Waals surface area contributed by atoms with Crippen molar-refractivity contribution in [2.75, 3.05) is 22.9 Å². The smallest absolute Gasteiger partial charge is 0.312 e. The first-order chi connectivity index (χ1) is 12.8. The average Bonchev–Trinajstić information content (AvgIpc) is 3.05. The lowest BCUT2D eigenvalue weighted by molar-refractivity contribution is -0.137. The zero-order valence-electron chi connectivity index (χ0n) is 14.8. The summed E-state index contributed by atoms with van der Waals surface area (Å²) in [5.41, 5.74) is 1.25. The third-order valence-electron chi connectivity index (χ3n) is 4.60. The molecule has 3 rings (SSSR count). The predicted octanol–water partition coefficient (Wildman–Crippen LogP) is 4.04. The maximum Gasteiger partial charge on any atom is 0.416 e. The van der Waals surface area contributed by atoms with E-state index in [0.29, 0.717) is 6.54 Å². The van der Waals surface area contributed by atoms with Gasteiger partial charge in [0.05, 0.1) is 5.56 Å². The number of carbonyl (C=O) groups excluding carboxylic acids is 2. The van der Waals surface area contributed by atoms with E-state index in [2.05, 4.69) is 0 Å². The summed E-state index contributed by atoms with van der Waals surface area (Å²) in [6, 6.07) is 12.2. The second-order valence-corrected chi connectivity index (χ2v) is 6.39. The van der Waals surface area contributed by atoms with E-state index in [9.17, 15) is 22.8 Å². The molecule has 0 atom stereocenters. The summed E-state index contributed by atoms with van der Waals surface area (Å²) >= 11 is 0. The molecule has 4 nitrogen and oxygen atoms in total. The Hall–Kier alpha value is -2.83. The number of hydrogen-bond donors (Lipinski definition) is 0. The number of carbonyl (C=O) groups is 2. The SMILES string of the molecule is CC(=O)N(CCC(=O)N1CCc2ccccc21)c1cccc(C(F)(F)F)c1. The van der Waals surface area contributed by atoms with Crippen molar-refractivity contribution in [1.82, 2.24) is 0 Å². The maximum atomic E-state index is 12.9. The molecule has 2 aromatic rings. The molecule has 1 heterocycles. The Labute approximate surface area is 155 Å². The van der Waals surface area contributed by atoms with Gasteiger partial charge in [0.15, 0.2) is 0 Å². The molecule has 0 aromatic heterocycles. The number of benzene rings is 2. The van der Waals surface area contributed by atoms with Crippen LogP contribution in [0.3, 0.4) is 0 Å². The fourth-order valence-corrected chi connectivity index (χ4v) is 3.26. The van der Waals surface area contributed by atoms with Gasteiger partial charge in [0.25, 0.3) is 0 Å². The first-order valence-electron chi connectivity index (χ1n) is 8.61. The lowest BCUT2D eigenvalue weighted by Gasteiger charge is -2.24. The molecule has 0 saturated heterocycles. The zero-order chi connectivity index (χ0) is 19.6. The molecule has 27 heavy (non-hydrogen) atoms. The van der Waals surface area contributed by atoms with Crippen LogP contribution < -0.4 is 9.80 Å². The second kappa shape index (κ2) is 7.42. The van der Waals surface area contributed by atoms with Crippen molar-refractivity contribution in [1.29, 1.82) is 0 Å². The number of nitrogens with zero attached hydrogens (tertiary/aromatic N) is 2. The molecule has 0 fully saturated rings. The third-order valence-corrected chi connectivity index (χ3v) is 4.60. The summed E-state index contributed by atoms with van der Waals surface area (Å²) < 4.78 is 38.8. The van der Waals surface area contributed by atoms with Gasteiger partial charge in [0.2, 0.25) is 11.8 Å². The van der Waals surface area contributed by atoms with Gasteiger partial charge in [-0.05, 0) is 36.2 Å². The highest BCUT2D eigenvalue weighted by molar-refractivity contribution is 5.97. The van der Waals surface area contributed by atoms with Crippen molar-refractivity contribution in [2.45, 2.75) is 25.9 Å². The number of alkyl halides is 3. The van der Waals surface area contributed by atoms with Crippen LogP contribution in [-0.2, 0) is 22.2 Å². The van der Waals surface area contributed by atoms with Crippen molar-refractivity contribution in [3.8, 4) is 0 Å². The van der Waals surface area contributed by atoms with Crippen LogP contribution in [0, 0.1) is 0 Å². The molecule has 0 radical (unpaired) electrons. The van der Waals surface area contributed by atoms with E-state index in [0.717, 1.165) is 29.8 Å². The summed E-state index contributed by atoms with van der Waals surface area (Å²) in [5, 5.41) is 0. The average molecular weight is 376 g/mol. The summed E-state index contributed by atoms with van der Waals surface area (Å²) in [6.45, 7) is 1.87. The van der Waals surface area contributed by atoms with Crippen LogP contribution in [0.15, 0.2) is 48.5 Å². The number of hydrogen-bond acceptors (Lipinski definition) is 2. The Balaban J connectivity index is 1.73. The lowest BCUT2D eigenvalue weighted by atomic mass is 10.1. The number of anilines is 2. The number of para-hydroxylation sites is 1. The monoisotopic (exact) mass is 376 g/mol. The maximum absolute atomic E-state index is 12.9. The van der Waals surface area contributed by atoms with Crippen LogP contribution in [0.5, 0.6) is 0 Å². The molecule has 0 saturated carbocycles. The van der Waals surface area contributed by atoms with Crippen molar-refractivity contribution >= 4 is 23.2 Å². The standard InChI is InChI=1S/C20H19F3N2O2/c1-14(26)24(17-7-4-6-16(13-17)20(21,22)23)12-10-19(27)25-11-9-15-5-2-3-8-18(15)25/h2-8,13H,9-12H2,1H3. The molecule has 0 spiro atoms. The molecular weight excluding hydrogens is 357 g/mol. The summed E-state index contributed by atoms with van der Waals surface area (Å²) in [6.07, 6.45) is -3.69. The van der Waals surface area contributed by atoms with Gasteiger partial charge in [-0.1, -0.05) is 24.3 Å². The number of fused-ring (bicyclic) bond motifs is 1. The second-order valence-electron chi connectivity index (χ2n) is 6.39. The lowest BCUT2D eigenvalue weighted by Crippen LogP contribution is -2.35. The normalized spacial score (nSPS) is 13.4. The number of amides is 2. The van der Waals surface area contributed by atoms with E-state index >= 15 is 0 Å². The molecule has 1 aliphatic heterocycles. The molecule has 7 heteroatoms. The van der Waals surface area contributed by atoms with Crippen LogP contribution in [0.25, 0.3) is 0 Å². The first kappa shape index (κ1) is 18.9. The van der Waals surface area contributed by atoms with Crippen molar-refractivity contribution in [3.05, 3.63) is 59.7 Å². The Bertz CT molecular complexity index is 864. The van der Waals surface area contributed by atoms with Crippen molar-refractivity contribution in [3.63, 3.8) is 0 Å². The summed E-state index contributed by atoms with van der Waals surface area (Å²) in [5.74, 6) is -0.567. The molecule has 142 valence electrons. The highest BCUT2D eigenvalue weighted by atomic mass is 19.4. The van der Waals surface area contributed by atoms with Crippen LogP contribution in [0.1, 0.15) is 24.5 Å². The number of rotatable bonds is 4. The van der Waals surface area contributed by atoms with Crippen molar-refractivity contribution < 1.29 is 22.8 Å². The largest absolute Gasteiger partial charge is 0.416 e. The minimum atomic E-state index is -4.49. The predicted molar refractivity (Wildman–Crippen MR) is 96.6 cm³/mol. The van der Waals surface area contributed by atoms with Gasteiger partial charge in [-0.15, -0.1) is 0 Å². The van der Waals surface area contributed by atoms with Crippen LogP contribution in [-0.4, -0.2) is 24.9 Å². The fraction of sp³-hybridized carbons (Fsp3) is 0.300. The topological polar surface area (TPSA) is 40.6 Å². The molecular formula is C20H19F3N2O2. The van der Waals surface area contributed by atoms with Gasteiger partial charge < -0.3 is 9.80 Å². The van der Waals surface area contributed by atoms with Crippen LogP contribution in [0.4, 0.5) is 24.5 Å². The van der Waals surface area contributed by atoms with E-state index in [-0.39, 0.29) is 24.6 Å². The van der Waals surface area contributed by atoms with Gasteiger partial charge >= 0.3 is 6.18 Å². The molecule has 0 unspecified atom stereocenters. The van der Waals surface area contributed by atoms with E-state index in [1.165, 1.54) is 24.0 Å². The summed E-state index contributed by atoms with van der Waals surface area (Å²) in [4.78, 5) is 27.4. The highest BCUT2D eigenvalue weighted by Gasteiger charge is 2.31. The van der Waals surface area contributed by atoms with Crippen LogP contribution >= 0.6 is 0 Å². The van der Waals surface area contributed by atoms with Gasteiger partial charge in [0.1, 0.15) is 0 Å². The van der Waals surface area contributed by atoms with E-state index in [4.69, 9.17) is 0 Å². The fourth-order valence-electron chi connectivity index (χ4n) is 3.26. The van der Waals surface area contributed by atoms with Crippen molar-refractivity contribution in [2.24, 2.45) is 0 Å². The van der Waals surface area contributed by atoms with Gasteiger partial charge in [-0.2, -0.15) is 13.2 Å². The summed E-state index contributed by atoms with van der Waals surface area (Å²) in [7, 11) is 0. The highest BCUT2D eigenvalue weighted by Crippen LogP contribution is 2.32. The molecule has 2 aromatic carbocycles. The Morgan fingerprint density at radius 1 is 1.11 bits per heavy atom. The van der Waals surface area contributed by atoms with Gasteiger partial charge in [-0.3, -0.25) is 9.59 Å². The van der Waals surface area contributed by atoms with Gasteiger partial charge in [0, 0.05) is 37.8 Å². The Morgan fingerprint density at radius 3 is 2.56 bits per heavy atom. The minimum absolute atomic E-state index is 0.0220. The third kappa shape index (κ3) is 4.13. The van der Waals surface area contributed by atoms with Crippen LogP contribution in [0.2, 0.25) is 0 Å². The van der Waals surface area contributed by atoms with E-state index < -0.39 is 17.6 Å². The molecule has 0 bridgehead atoms. The molecule has 0 aliphatic carbocycles. The molecule has 2 amide bonds. The number of halogens is 3. The quantitative estimate of drug-likeness (QED) is 0.808. The Morgan fingerprint density at radius 2 is 1.85 bits per heavy atom. The minimum Gasteiger partial charge on any atom is -0.312 e. The van der Waals surface area contributed by atoms with E-state index in [1.54, 1.807) is 4.90 Å². The Kier molecular flexibility index (Phi) is 5.21. The zero-order valence-corrected chi connectivity index (χ0v) is 14.8. The van der Waals surface area contributed by atoms with Gasteiger partial charge in [-0.25, -0.2) is 0 Å². The van der Waals surface area contributed by atoms with E-state index in [1.807, 2.05) is 24.3 Å². The molecule has 0 N–H and O–H groups in total. The first-order valence-corrected chi connectivity index (χ1v) is 8.61. The molecule has 1 aliphatic rings.